The summed E-state index contributed by atoms with van der Waals surface area (Å²) in [6.07, 6.45) is 3.47. The Morgan fingerprint density at radius 1 is 1.29 bits per heavy atom. The van der Waals surface area contributed by atoms with Gasteiger partial charge in [0.25, 0.3) is 0 Å². The molecule has 0 N–H and O–H groups in total. The lowest BCUT2D eigenvalue weighted by Gasteiger charge is -2.05. The highest BCUT2D eigenvalue weighted by molar-refractivity contribution is 8.00. The first-order valence-electron chi connectivity index (χ1n) is 8.92. The van der Waals surface area contributed by atoms with Gasteiger partial charge in [-0.05, 0) is 29.0 Å². The number of esters is 1. The molecule has 4 aromatic rings. The number of hydrogen-bond acceptors (Lipinski definition) is 9. The lowest BCUT2D eigenvalue weighted by Crippen LogP contribution is -2.12. The Morgan fingerprint density at radius 3 is 3.07 bits per heavy atom. The van der Waals surface area contributed by atoms with E-state index in [1.807, 2.05) is 24.3 Å². The number of aromatic nitrogens is 6. The lowest BCUT2D eigenvalue weighted by molar-refractivity contribution is -0.142. The number of hydrogen-bond donors (Lipinski definition) is 0. The fourth-order valence-electron chi connectivity index (χ4n) is 2.73. The third kappa shape index (κ3) is 3.81. The number of furan rings is 1. The van der Waals surface area contributed by atoms with Crippen LogP contribution in [0.25, 0.3) is 22.1 Å². The molecule has 0 saturated heterocycles. The van der Waals surface area contributed by atoms with E-state index in [1.165, 1.54) is 18.1 Å². The summed E-state index contributed by atoms with van der Waals surface area (Å²) in [5, 5.41) is 13.0. The van der Waals surface area contributed by atoms with Crippen molar-refractivity contribution in [2.75, 3.05) is 5.75 Å². The van der Waals surface area contributed by atoms with Gasteiger partial charge in [0, 0.05) is 11.9 Å². The lowest BCUT2D eigenvalue weighted by atomic mass is 10.2. The molecule has 0 amide bonds. The SMILES string of the molecule is CCCCn1nnnc1COC(=O)CSc1ncnc2c1oc1ccccc12. The largest absolute Gasteiger partial charge is 0.457 e. The van der Waals surface area contributed by atoms with Crippen LogP contribution >= 0.6 is 11.8 Å². The van der Waals surface area contributed by atoms with Gasteiger partial charge in [-0.25, -0.2) is 14.6 Å². The third-order valence-corrected chi connectivity index (χ3v) is 5.09. The molecule has 1 aromatic carbocycles. The molecule has 0 aliphatic carbocycles. The van der Waals surface area contributed by atoms with Gasteiger partial charge in [0.15, 0.2) is 18.0 Å². The molecule has 0 bridgehead atoms. The summed E-state index contributed by atoms with van der Waals surface area (Å²) in [6, 6.07) is 7.65. The number of ether oxygens (including phenoxy) is 1. The first-order chi connectivity index (χ1) is 13.8. The van der Waals surface area contributed by atoms with Crippen molar-refractivity contribution in [3.8, 4) is 0 Å². The summed E-state index contributed by atoms with van der Waals surface area (Å²) >= 11 is 1.25. The fourth-order valence-corrected chi connectivity index (χ4v) is 3.46. The van der Waals surface area contributed by atoms with Gasteiger partial charge in [-0.3, -0.25) is 4.79 Å². The second-order valence-corrected chi connectivity index (χ2v) is 7.04. The minimum absolute atomic E-state index is 0.0416. The second-order valence-electron chi connectivity index (χ2n) is 6.08. The fraction of sp³-hybridized carbons (Fsp3) is 0.333. The van der Waals surface area contributed by atoms with E-state index < -0.39 is 0 Å². The number of para-hydroxylation sites is 1. The molecule has 0 fully saturated rings. The van der Waals surface area contributed by atoms with Crippen LogP contribution in [0.4, 0.5) is 0 Å². The van der Waals surface area contributed by atoms with Crippen LogP contribution in [0.3, 0.4) is 0 Å². The zero-order valence-corrected chi connectivity index (χ0v) is 16.1. The van der Waals surface area contributed by atoms with Crippen LogP contribution in [-0.4, -0.2) is 41.9 Å². The number of carbonyl (C=O) groups is 1. The molecule has 0 aliphatic rings. The second kappa shape index (κ2) is 8.34. The van der Waals surface area contributed by atoms with Crippen molar-refractivity contribution < 1.29 is 13.9 Å². The van der Waals surface area contributed by atoms with E-state index in [9.17, 15) is 4.79 Å². The topological polar surface area (TPSA) is 109 Å². The first-order valence-corrected chi connectivity index (χ1v) is 9.90. The maximum absolute atomic E-state index is 12.2. The van der Waals surface area contributed by atoms with Crippen molar-refractivity contribution in [2.45, 2.75) is 37.9 Å². The molecule has 0 aliphatic heterocycles. The van der Waals surface area contributed by atoms with Crippen molar-refractivity contribution >= 4 is 39.8 Å². The predicted octanol–water partition coefficient (Wildman–Crippen LogP) is 3.00. The maximum atomic E-state index is 12.2. The van der Waals surface area contributed by atoms with Gasteiger partial charge in [-0.1, -0.05) is 37.2 Å². The standard InChI is InChI=1S/C18H18N6O3S/c1-2-3-8-24-14(21-22-23-24)9-26-15(25)10-28-18-17-16(19-11-20-18)12-6-4-5-7-13(12)27-17/h4-7,11H,2-3,8-10H2,1H3. The molecule has 3 aromatic heterocycles. The molecule has 0 saturated carbocycles. The van der Waals surface area contributed by atoms with Crippen LogP contribution in [0, 0.1) is 0 Å². The number of fused-ring (bicyclic) bond motifs is 3. The summed E-state index contributed by atoms with van der Waals surface area (Å²) in [5.74, 6) is 0.256. The van der Waals surface area contributed by atoms with E-state index in [-0.39, 0.29) is 18.3 Å². The number of rotatable bonds is 8. The van der Waals surface area contributed by atoms with Crippen LogP contribution < -0.4 is 0 Å². The molecule has 9 nitrogen and oxygen atoms in total. The summed E-state index contributed by atoms with van der Waals surface area (Å²) in [6.45, 7) is 2.84. The third-order valence-electron chi connectivity index (χ3n) is 4.14. The number of aryl methyl sites for hydroxylation is 1. The van der Waals surface area contributed by atoms with E-state index in [1.54, 1.807) is 4.68 Å². The van der Waals surface area contributed by atoms with E-state index >= 15 is 0 Å². The monoisotopic (exact) mass is 398 g/mol. The Labute approximate surface area is 164 Å². The Bertz CT molecular complexity index is 1110. The van der Waals surface area contributed by atoms with E-state index in [0.29, 0.717) is 23.0 Å². The molecule has 0 unspecified atom stereocenters. The number of nitrogens with zero attached hydrogens (tertiary/aromatic N) is 6. The number of tetrazole rings is 1. The van der Waals surface area contributed by atoms with Gasteiger partial charge in [0.1, 0.15) is 22.5 Å². The highest BCUT2D eigenvalue weighted by Crippen LogP contribution is 2.32. The van der Waals surface area contributed by atoms with Crippen LogP contribution in [0.5, 0.6) is 0 Å². The van der Waals surface area contributed by atoms with Gasteiger partial charge in [0.2, 0.25) is 0 Å². The van der Waals surface area contributed by atoms with Crippen molar-refractivity contribution in [3.05, 3.63) is 36.4 Å². The van der Waals surface area contributed by atoms with E-state index in [2.05, 4.69) is 32.4 Å². The summed E-state index contributed by atoms with van der Waals surface area (Å²) in [7, 11) is 0. The number of thioether (sulfide) groups is 1. The molecule has 0 atom stereocenters. The molecule has 4 rings (SSSR count). The summed E-state index contributed by atoms with van der Waals surface area (Å²) < 4.78 is 12.8. The van der Waals surface area contributed by atoms with Crippen molar-refractivity contribution in [1.82, 2.24) is 30.2 Å². The zero-order valence-electron chi connectivity index (χ0n) is 15.2. The quantitative estimate of drug-likeness (QED) is 0.251. The van der Waals surface area contributed by atoms with Crippen LogP contribution in [-0.2, 0) is 22.7 Å². The van der Waals surface area contributed by atoms with E-state index in [4.69, 9.17) is 9.15 Å². The Morgan fingerprint density at radius 2 is 2.18 bits per heavy atom. The molecule has 3 heterocycles. The Hall–Kier alpha value is -3.01. The number of benzene rings is 1. The Balaban J connectivity index is 1.39. The minimum atomic E-state index is -0.377. The normalized spacial score (nSPS) is 11.3. The van der Waals surface area contributed by atoms with Gasteiger partial charge >= 0.3 is 5.97 Å². The first kappa shape index (κ1) is 18.4. The van der Waals surface area contributed by atoms with Gasteiger partial charge in [0.05, 0.1) is 5.75 Å². The molecular formula is C18H18N6O3S. The van der Waals surface area contributed by atoms with Crippen LogP contribution in [0.2, 0.25) is 0 Å². The van der Waals surface area contributed by atoms with Gasteiger partial charge in [-0.2, -0.15) is 0 Å². The molecule has 0 spiro atoms. The summed E-state index contributed by atoms with van der Waals surface area (Å²) in [5.41, 5.74) is 2.04. The highest BCUT2D eigenvalue weighted by atomic mass is 32.2. The van der Waals surface area contributed by atoms with Gasteiger partial charge in [-0.15, -0.1) is 5.10 Å². The number of carbonyl (C=O) groups excluding carboxylic acids is 1. The van der Waals surface area contributed by atoms with Crippen molar-refractivity contribution in [1.29, 1.82) is 0 Å². The Kier molecular flexibility index (Phi) is 5.47. The van der Waals surface area contributed by atoms with Crippen molar-refractivity contribution in [2.24, 2.45) is 0 Å². The predicted molar refractivity (Wildman–Crippen MR) is 103 cm³/mol. The summed E-state index contributed by atoms with van der Waals surface area (Å²) in [4.78, 5) is 20.7. The average molecular weight is 398 g/mol. The van der Waals surface area contributed by atoms with Crippen LogP contribution in [0.15, 0.2) is 40.0 Å². The molecule has 28 heavy (non-hydrogen) atoms. The minimum Gasteiger partial charge on any atom is -0.457 e. The average Bonchev–Trinajstić information content (AvgIpc) is 3.33. The van der Waals surface area contributed by atoms with E-state index in [0.717, 1.165) is 29.3 Å². The highest BCUT2D eigenvalue weighted by Gasteiger charge is 2.15. The molecular weight excluding hydrogens is 380 g/mol. The molecule has 10 heteroatoms. The van der Waals surface area contributed by atoms with Crippen LogP contribution in [0.1, 0.15) is 25.6 Å². The smallest absolute Gasteiger partial charge is 0.316 e. The zero-order chi connectivity index (χ0) is 19.3. The van der Waals surface area contributed by atoms with Crippen molar-refractivity contribution in [3.63, 3.8) is 0 Å². The molecule has 0 radical (unpaired) electrons. The number of unbranched alkanes of at least 4 members (excludes halogenated alkanes) is 1. The maximum Gasteiger partial charge on any atom is 0.316 e. The van der Waals surface area contributed by atoms with Gasteiger partial charge < -0.3 is 9.15 Å². The molecule has 144 valence electrons.